The number of hydrogen-bond donors (Lipinski definition) is 0. The largest absolute Gasteiger partial charge is 0.193 e. The first kappa shape index (κ1) is 8.33. The zero-order valence-electron chi connectivity index (χ0n) is 7.14. The van der Waals surface area contributed by atoms with Crippen molar-refractivity contribution >= 4 is 0 Å². The first-order valence-corrected chi connectivity index (χ1v) is 4.44. The Hall–Kier alpha value is -0.770. The van der Waals surface area contributed by atoms with E-state index in [0.717, 1.165) is 12.3 Å². The molecule has 1 atom stereocenters. The standard InChI is InChI=1S/C10H15N/c1-2-9-4-3-5-10(8-9)6-7-11/h6,9H,2-5,8H2,1H3. The Kier molecular flexibility index (Phi) is 3.16. The molecule has 0 heterocycles. The monoisotopic (exact) mass is 149 g/mol. The summed E-state index contributed by atoms with van der Waals surface area (Å²) >= 11 is 0. The lowest BCUT2D eigenvalue weighted by molar-refractivity contribution is 0.407. The van der Waals surface area contributed by atoms with E-state index in [2.05, 4.69) is 13.0 Å². The van der Waals surface area contributed by atoms with Crippen LogP contribution < -0.4 is 0 Å². The summed E-state index contributed by atoms with van der Waals surface area (Å²) in [7, 11) is 0. The molecular formula is C10H15N. The van der Waals surface area contributed by atoms with Gasteiger partial charge < -0.3 is 0 Å². The van der Waals surface area contributed by atoms with E-state index < -0.39 is 0 Å². The molecule has 1 rings (SSSR count). The van der Waals surface area contributed by atoms with Crippen molar-refractivity contribution in [2.45, 2.75) is 39.0 Å². The van der Waals surface area contributed by atoms with Crippen molar-refractivity contribution in [3.05, 3.63) is 11.6 Å². The Morgan fingerprint density at radius 2 is 2.55 bits per heavy atom. The minimum atomic E-state index is 0.850. The molecule has 1 fully saturated rings. The highest BCUT2D eigenvalue weighted by atomic mass is 14.2. The van der Waals surface area contributed by atoms with E-state index in [1.165, 1.54) is 31.3 Å². The Morgan fingerprint density at radius 3 is 3.18 bits per heavy atom. The first-order valence-electron chi connectivity index (χ1n) is 4.44. The Balaban J connectivity index is 2.47. The van der Waals surface area contributed by atoms with E-state index >= 15 is 0 Å². The summed E-state index contributed by atoms with van der Waals surface area (Å²) in [5, 5.41) is 8.45. The molecule has 0 radical (unpaired) electrons. The Morgan fingerprint density at radius 1 is 1.73 bits per heavy atom. The maximum atomic E-state index is 8.45. The third-order valence-electron chi connectivity index (χ3n) is 2.51. The fraction of sp³-hybridized carbons (Fsp3) is 0.700. The second kappa shape index (κ2) is 4.18. The summed E-state index contributed by atoms with van der Waals surface area (Å²) in [6.07, 6.45) is 7.98. The van der Waals surface area contributed by atoms with Gasteiger partial charge in [0.25, 0.3) is 0 Å². The lowest BCUT2D eigenvalue weighted by Crippen LogP contribution is -2.06. The van der Waals surface area contributed by atoms with Gasteiger partial charge in [0.1, 0.15) is 0 Å². The third kappa shape index (κ3) is 2.38. The number of hydrogen-bond acceptors (Lipinski definition) is 1. The second-order valence-electron chi connectivity index (χ2n) is 3.30. The number of nitriles is 1. The Bertz CT molecular complexity index is 186. The predicted octanol–water partition coefficient (Wildman–Crippen LogP) is 3.04. The van der Waals surface area contributed by atoms with E-state index in [4.69, 9.17) is 5.26 Å². The lowest BCUT2D eigenvalue weighted by Gasteiger charge is -2.21. The zero-order chi connectivity index (χ0) is 8.10. The van der Waals surface area contributed by atoms with Gasteiger partial charge >= 0.3 is 0 Å². The summed E-state index contributed by atoms with van der Waals surface area (Å²) in [5.41, 5.74) is 1.37. The quantitative estimate of drug-likeness (QED) is 0.526. The van der Waals surface area contributed by atoms with Crippen LogP contribution >= 0.6 is 0 Å². The SMILES string of the molecule is CCC1CCCC(=CC#N)C1. The molecule has 0 aliphatic heterocycles. The molecular weight excluding hydrogens is 134 g/mol. The summed E-state index contributed by atoms with van der Waals surface area (Å²) in [6.45, 7) is 2.24. The highest BCUT2D eigenvalue weighted by Gasteiger charge is 2.14. The van der Waals surface area contributed by atoms with Gasteiger partial charge in [-0.2, -0.15) is 5.26 Å². The van der Waals surface area contributed by atoms with Crippen LogP contribution in [0.15, 0.2) is 11.6 Å². The highest BCUT2D eigenvalue weighted by Crippen LogP contribution is 2.29. The smallest absolute Gasteiger partial charge is 0.0911 e. The zero-order valence-corrected chi connectivity index (χ0v) is 7.14. The minimum absolute atomic E-state index is 0.850. The van der Waals surface area contributed by atoms with Crippen LogP contribution in [0.3, 0.4) is 0 Å². The van der Waals surface area contributed by atoms with Crippen molar-refractivity contribution < 1.29 is 0 Å². The molecule has 0 aromatic rings. The van der Waals surface area contributed by atoms with Crippen molar-refractivity contribution in [2.75, 3.05) is 0 Å². The van der Waals surface area contributed by atoms with E-state index in [-0.39, 0.29) is 0 Å². The van der Waals surface area contributed by atoms with Crippen molar-refractivity contribution in [3.8, 4) is 6.07 Å². The molecule has 0 bridgehead atoms. The fourth-order valence-corrected chi connectivity index (χ4v) is 1.76. The molecule has 0 spiro atoms. The van der Waals surface area contributed by atoms with Crippen LogP contribution in [0.5, 0.6) is 0 Å². The summed E-state index contributed by atoms with van der Waals surface area (Å²) < 4.78 is 0. The van der Waals surface area contributed by atoms with Gasteiger partial charge in [-0.25, -0.2) is 0 Å². The van der Waals surface area contributed by atoms with Gasteiger partial charge in [-0.3, -0.25) is 0 Å². The molecule has 0 aromatic heterocycles. The molecule has 0 aromatic carbocycles. The molecule has 1 heteroatoms. The predicted molar refractivity (Wildman–Crippen MR) is 45.9 cm³/mol. The van der Waals surface area contributed by atoms with E-state index in [1.807, 2.05) is 0 Å². The molecule has 1 nitrogen and oxygen atoms in total. The minimum Gasteiger partial charge on any atom is -0.193 e. The molecule has 11 heavy (non-hydrogen) atoms. The van der Waals surface area contributed by atoms with Crippen LogP contribution in [0.25, 0.3) is 0 Å². The summed E-state index contributed by atoms with van der Waals surface area (Å²) in [5.74, 6) is 0.850. The van der Waals surface area contributed by atoms with Crippen molar-refractivity contribution in [2.24, 2.45) is 5.92 Å². The average molecular weight is 149 g/mol. The van der Waals surface area contributed by atoms with Crippen molar-refractivity contribution in [3.63, 3.8) is 0 Å². The van der Waals surface area contributed by atoms with E-state index in [0.29, 0.717) is 0 Å². The summed E-state index contributed by atoms with van der Waals surface area (Å²) in [6, 6.07) is 2.12. The van der Waals surface area contributed by atoms with Gasteiger partial charge in [-0.05, 0) is 31.6 Å². The number of nitrogens with zero attached hydrogens (tertiary/aromatic N) is 1. The normalized spacial score (nSPS) is 28.4. The van der Waals surface area contributed by atoms with Gasteiger partial charge in [0.15, 0.2) is 0 Å². The van der Waals surface area contributed by atoms with Crippen molar-refractivity contribution in [1.29, 1.82) is 5.26 Å². The second-order valence-corrected chi connectivity index (χ2v) is 3.30. The van der Waals surface area contributed by atoms with Gasteiger partial charge in [-0.15, -0.1) is 0 Å². The molecule has 0 saturated heterocycles. The maximum absolute atomic E-state index is 8.45. The van der Waals surface area contributed by atoms with Crippen LogP contribution in [0, 0.1) is 17.2 Å². The Labute approximate surface area is 68.7 Å². The molecule has 1 aliphatic rings. The van der Waals surface area contributed by atoms with Crippen LogP contribution in [0.4, 0.5) is 0 Å². The molecule has 1 unspecified atom stereocenters. The highest BCUT2D eigenvalue weighted by molar-refractivity contribution is 5.15. The van der Waals surface area contributed by atoms with Crippen molar-refractivity contribution in [1.82, 2.24) is 0 Å². The van der Waals surface area contributed by atoms with Gasteiger partial charge in [0.2, 0.25) is 0 Å². The first-order chi connectivity index (χ1) is 5.36. The maximum Gasteiger partial charge on any atom is 0.0911 e. The molecule has 0 amide bonds. The lowest BCUT2D eigenvalue weighted by atomic mass is 9.84. The van der Waals surface area contributed by atoms with E-state index in [1.54, 1.807) is 6.08 Å². The average Bonchev–Trinajstić information content (AvgIpc) is 2.06. The molecule has 60 valence electrons. The number of rotatable bonds is 1. The fourth-order valence-electron chi connectivity index (χ4n) is 1.76. The van der Waals surface area contributed by atoms with Gasteiger partial charge in [0, 0.05) is 6.08 Å². The van der Waals surface area contributed by atoms with Crippen LogP contribution in [0.2, 0.25) is 0 Å². The molecule has 1 aliphatic carbocycles. The van der Waals surface area contributed by atoms with Gasteiger partial charge in [-0.1, -0.05) is 18.9 Å². The topological polar surface area (TPSA) is 23.8 Å². The van der Waals surface area contributed by atoms with Gasteiger partial charge in [0.05, 0.1) is 6.07 Å². The van der Waals surface area contributed by atoms with Crippen LogP contribution in [-0.4, -0.2) is 0 Å². The molecule has 0 N–H and O–H groups in total. The summed E-state index contributed by atoms with van der Waals surface area (Å²) in [4.78, 5) is 0. The van der Waals surface area contributed by atoms with Crippen LogP contribution in [-0.2, 0) is 0 Å². The third-order valence-corrected chi connectivity index (χ3v) is 2.51. The van der Waals surface area contributed by atoms with E-state index in [9.17, 15) is 0 Å². The molecule has 1 saturated carbocycles. The number of allylic oxidation sites excluding steroid dienone is 2. The van der Waals surface area contributed by atoms with Crippen LogP contribution in [0.1, 0.15) is 39.0 Å².